The summed E-state index contributed by atoms with van der Waals surface area (Å²) in [4.78, 5) is 12.4. The number of halogens is 3. The van der Waals surface area contributed by atoms with Crippen LogP contribution in [-0.2, 0) is 4.79 Å². The second-order valence-electron chi connectivity index (χ2n) is 3.65. The Kier molecular flexibility index (Phi) is 6.40. The maximum atomic E-state index is 12.3. The Morgan fingerprint density at radius 2 is 1.81 bits per heavy atom. The maximum Gasteiger partial charge on any atom is 0.406 e. The van der Waals surface area contributed by atoms with E-state index in [1.165, 1.54) is 0 Å². The Hall–Kier alpha value is -0.780. The van der Waals surface area contributed by atoms with E-state index in [0.29, 0.717) is 12.8 Å². The van der Waals surface area contributed by atoms with Crippen LogP contribution in [0.15, 0.2) is 0 Å². The van der Waals surface area contributed by atoms with Gasteiger partial charge in [0.15, 0.2) is 0 Å². The molecule has 0 saturated carbocycles. The number of hydrogen-bond acceptors (Lipinski definition) is 2. The van der Waals surface area contributed by atoms with Crippen LogP contribution in [0, 0.1) is 0 Å². The molecule has 0 spiro atoms. The van der Waals surface area contributed by atoms with Gasteiger partial charge in [0, 0.05) is 19.0 Å². The summed E-state index contributed by atoms with van der Waals surface area (Å²) in [7, 11) is 0. The fraction of sp³-hybridized carbons (Fsp3) is 0.900. The van der Waals surface area contributed by atoms with Crippen molar-refractivity contribution in [3.8, 4) is 0 Å². The quantitative estimate of drug-likeness (QED) is 0.771. The summed E-state index contributed by atoms with van der Waals surface area (Å²) in [6.45, 7) is 2.44. The Morgan fingerprint density at radius 1 is 1.31 bits per heavy atom. The van der Waals surface area contributed by atoms with E-state index in [2.05, 4.69) is 0 Å². The molecule has 0 aromatic carbocycles. The molecule has 6 heteroatoms. The minimum Gasteiger partial charge on any atom is -0.331 e. The van der Waals surface area contributed by atoms with Crippen LogP contribution in [-0.4, -0.2) is 36.1 Å². The average Bonchev–Trinajstić information content (AvgIpc) is 2.16. The van der Waals surface area contributed by atoms with Gasteiger partial charge in [0.1, 0.15) is 6.54 Å². The molecule has 96 valence electrons. The van der Waals surface area contributed by atoms with Crippen molar-refractivity contribution < 1.29 is 18.0 Å². The summed E-state index contributed by atoms with van der Waals surface area (Å²) in [6.07, 6.45) is -3.36. The van der Waals surface area contributed by atoms with Gasteiger partial charge in [0.2, 0.25) is 5.91 Å². The van der Waals surface area contributed by atoms with Gasteiger partial charge in [-0.15, -0.1) is 0 Å². The minimum absolute atomic E-state index is 0.0351. The van der Waals surface area contributed by atoms with Crippen molar-refractivity contribution in [2.24, 2.45) is 5.73 Å². The number of alkyl halides is 3. The van der Waals surface area contributed by atoms with Crippen molar-refractivity contribution in [3.63, 3.8) is 0 Å². The highest BCUT2D eigenvalue weighted by atomic mass is 19.4. The maximum absolute atomic E-state index is 12.3. The average molecular weight is 240 g/mol. The lowest BCUT2D eigenvalue weighted by molar-refractivity contribution is -0.166. The molecule has 0 radical (unpaired) electrons. The highest BCUT2D eigenvalue weighted by molar-refractivity contribution is 5.76. The van der Waals surface area contributed by atoms with E-state index in [-0.39, 0.29) is 19.0 Å². The van der Waals surface area contributed by atoms with Gasteiger partial charge in [0.25, 0.3) is 0 Å². The van der Waals surface area contributed by atoms with E-state index in [1.54, 1.807) is 13.8 Å². The number of carbonyl (C=O) groups excluding carboxylic acids is 1. The number of nitrogens with zero attached hydrogens (tertiary/aromatic N) is 1. The first-order valence-corrected chi connectivity index (χ1v) is 5.42. The van der Waals surface area contributed by atoms with Crippen LogP contribution in [0.2, 0.25) is 0 Å². The number of carbonyl (C=O) groups is 1. The number of hydrogen-bond donors (Lipinski definition) is 1. The molecule has 0 rings (SSSR count). The zero-order valence-corrected chi connectivity index (χ0v) is 9.68. The first-order valence-electron chi connectivity index (χ1n) is 5.42. The lowest BCUT2D eigenvalue weighted by Gasteiger charge is -2.31. The number of nitrogens with two attached hydrogens (primary N) is 1. The first-order chi connectivity index (χ1) is 7.35. The van der Waals surface area contributed by atoms with Gasteiger partial charge in [-0.25, -0.2) is 0 Å². The molecule has 0 aliphatic carbocycles. The van der Waals surface area contributed by atoms with Gasteiger partial charge in [-0.2, -0.15) is 13.2 Å². The fourth-order valence-electron chi connectivity index (χ4n) is 1.61. The van der Waals surface area contributed by atoms with Gasteiger partial charge >= 0.3 is 6.18 Å². The molecule has 0 unspecified atom stereocenters. The van der Waals surface area contributed by atoms with Crippen LogP contribution in [0.1, 0.15) is 33.1 Å². The smallest absolute Gasteiger partial charge is 0.331 e. The summed E-state index contributed by atoms with van der Waals surface area (Å²) in [5, 5.41) is 0. The predicted molar refractivity (Wildman–Crippen MR) is 55.8 cm³/mol. The predicted octanol–water partition coefficient (Wildman–Crippen LogP) is 1.91. The van der Waals surface area contributed by atoms with E-state index in [4.69, 9.17) is 5.73 Å². The molecule has 0 saturated heterocycles. The van der Waals surface area contributed by atoms with Crippen LogP contribution < -0.4 is 5.73 Å². The molecule has 0 aliphatic rings. The minimum atomic E-state index is -4.35. The number of amides is 1. The van der Waals surface area contributed by atoms with Crippen molar-refractivity contribution in [1.82, 2.24) is 4.90 Å². The Morgan fingerprint density at radius 3 is 2.12 bits per heavy atom. The standard InChI is InChI=1S/C10H19F3N2O/c1-3-8(4-2)15(7-10(11,12)13)9(16)5-6-14/h8H,3-7,14H2,1-2H3. The SMILES string of the molecule is CCC(CC)N(CC(F)(F)F)C(=O)CCN. The second kappa shape index (κ2) is 6.73. The van der Waals surface area contributed by atoms with E-state index >= 15 is 0 Å². The third-order valence-electron chi connectivity index (χ3n) is 2.41. The highest BCUT2D eigenvalue weighted by Gasteiger charge is 2.35. The third-order valence-corrected chi connectivity index (χ3v) is 2.41. The van der Waals surface area contributed by atoms with Crippen molar-refractivity contribution in [1.29, 1.82) is 0 Å². The molecular weight excluding hydrogens is 221 g/mol. The van der Waals surface area contributed by atoms with E-state index in [9.17, 15) is 18.0 Å². The zero-order valence-electron chi connectivity index (χ0n) is 9.68. The lowest BCUT2D eigenvalue weighted by atomic mass is 10.1. The van der Waals surface area contributed by atoms with Crippen LogP contribution in [0.3, 0.4) is 0 Å². The third kappa shape index (κ3) is 5.34. The molecule has 3 nitrogen and oxygen atoms in total. The molecule has 16 heavy (non-hydrogen) atoms. The molecule has 0 atom stereocenters. The van der Waals surface area contributed by atoms with E-state index in [0.717, 1.165) is 4.90 Å². The Labute approximate surface area is 93.8 Å². The lowest BCUT2D eigenvalue weighted by Crippen LogP contribution is -2.45. The van der Waals surface area contributed by atoms with Gasteiger partial charge < -0.3 is 10.6 Å². The monoisotopic (exact) mass is 240 g/mol. The Balaban J connectivity index is 4.68. The Bertz CT molecular complexity index is 215. The number of rotatable bonds is 6. The molecule has 0 heterocycles. The summed E-state index contributed by atoms with van der Waals surface area (Å²) in [6, 6.07) is -0.360. The van der Waals surface area contributed by atoms with Crippen LogP contribution in [0.5, 0.6) is 0 Å². The van der Waals surface area contributed by atoms with Crippen LogP contribution in [0.25, 0.3) is 0 Å². The summed E-state index contributed by atoms with van der Waals surface area (Å²) in [5.74, 6) is -0.520. The molecular formula is C10H19F3N2O. The molecule has 0 aliphatic heterocycles. The second-order valence-corrected chi connectivity index (χ2v) is 3.65. The summed E-state index contributed by atoms with van der Waals surface area (Å²) >= 11 is 0. The van der Waals surface area contributed by atoms with Crippen molar-refractivity contribution >= 4 is 5.91 Å². The van der Waals surface area contributed by atoms with Gasteiger partial charge in [-0.1, -0.05) is 13.8 Å². The van der Waals surface area contributed by atoms with Gasteiger partial charge in [-0.3, -0.25) is 4.79 Å². The molecule has 0 fully saturated rings. The molecule has 2 N–H and O–H groups in total. The van der Waals surface area contributed by atoms with Crippen LogP contribution >= 0.6 is 0 Å². The molecule has 0 aromatic heterocycles. The molecule has 1 amide bonds. The fourth-order valence-corrected chi connectivity index (χ4v) is 1.61. The summed E-state index contributed by atoms with van der Waals surface area (Å²) in [5.41, 5.74) is 5.19. The first kappa shape index (κ1) is 15.2. The van der Waals surface area contributed by atoms with Gasteiger partial charge in [-0.05, 0) is 12.8 Å². The topological polar surface area (TPSA) is 46.3 Å². The van der Waals surface area contributed by atoms with Gasteiger partial charge in [0.05, 0.1) is 0 Å². The van der Waals surface area contributed by atoms with Crippen molar-refractivity contribution in [2.75, 3.05) is 13.1 Å². The molecule has 0 aromatic rings. The largest absolute Gasteiger partial charge is 0.406 e. The zero-order chi connectivity index (χ0) is 12.8. The van der Waals surface area contributed by atoms with Crippen molar-refractivity contribution in [3.05, 3.63) is 0 Å². The van der Waals surface area contributed by atoms with Crippen molar-refractivity contribution in [2.45, 2.75) is 45.3 Å². The van der Waals surface area contributed by atoms with E-state index in [1.807, 2.05) is 0 Å². The van der Waals surface area contributed by atoms with Crippen LogP contribution in [0.4, 0.5) is 13.2 Å². The highest BCUT2D eigenvalue weighted by Crippen LogP contribution is 2.20. The van der Waals surface area contributed by atoms with E-state index < -0.39 is 18.6 Å². The summed E-state index contributed by atoms with van der Waals surface area (Å²) < 4.78 is 36.9. The normalized spacial score (nSPS) is 11.9. The molecule has 0 bridgehead atoms.